The number of thiophene rings is 1. The smallest absolute Gasteiger partial charge is 0.265 e. The van der Waals surface area contributed by atoms with Crippen LogP contribution in [-0.4, -0.2) is 26.5 Å². The minimum atomic E-state index is -3.44. The molecule has 3 aromatic rings. The zero-order valence-corrected chi connectivity index (χ0v) is 18.0. The number of sulfonamides is 1. The minimum absolute atomic E-state index is 0.168. The van der Waals surface area contributed by atoms with Gasteiger partial charge in [0.05, 0.1) is 34.9 Å². The van der Waals surface area contributed by atoms with Crippen molar-refractivity contribution in [3.63, 3.8) is 0 Å². The van der Waals surface area contributed by atoms with E-state index in [1.165, 1.54) is 12.1 Å². The van der Waals surface area contributed by atoms with E-state index in [1.54, 1.807) is 47.8 Å². The van der Waals surface area contributed by atoms with Crippen LogP contribution < -0.4 is 15.4 Å². The molecule has 3 N–H and O–H groups in total. The summed E-state index contributed by atoms with van der Waals surface area (Å²) >= 11 is 1.11. The van der Waals surface area contributed by atoms with E-state index in [0.29, 0.717) is 33.1 Å². The Morgan fingerprint density at radius 3 is 2.48 bits per heavy atom. The molecule has 0 aliphatic heterocycles. The maximum absolute atomic E-state index is 12.6. The van der Waals surface area contributed by atoms with Crippen LogP contribution in [0.15, 0.2) is 60.0 Å². The highest BCUT2D eigenvalue weighted by molar-refractivity contribution is 7.92. The number of nitriles is 1. The lowest BCUT2D eigenvalue weighted by molar-refractivity contribution is 0.102. The van der Waals surface area contributed by atoms with Gasteiger partial charge in [0.25, 0.3) is 11.8 Å². The molecule has 0 unspecified atom stereocenters. The predicted octanol–water partition coefficient (Wildman–Crippen LogP) is 3.69. The largest absolute Gasteiger partial charge is 0.322 e. The van der Waals surface area contributed by atoms with E-state index < -0.39 is 15.9 Å². The highest BCUT2D eigenvalue weighted by Gasteiger charge is 2.15. The number of hydrogen-bond donors (Lipinski definition) is 3. The lowest BCUT2D eigenvalue weighted by Crippen LogP contribution is -2.14. The number of carbonyl (C=O) groups excluding carboxylic acids is 2. The summed E-state index contributed by atoms with van der Waals surface area (Å²) in [7, 11) is -3.44. The fraction of sp³-hybridized carbons (Fsp3) is 0.0952. The Balaban J connectivity index is 1.69. The Morgan fingerprint density at radius 1 is 1.00 bits per heavy atom. The number of amides is 2. The van der Waals surface area contributed by atoms with E-state index in [-0.39, 0.29) is 12.3 Å². The number of carbonyl (C=O) groups is 2. The molecule has 0 fully saturated rings. The molecule has 10 heteroatoms. The highest BCUT2D eigenvalue weighted by Crippen LogP contribution is 2.22. The van der Waals surface area contributed by atoms with E-state index >= 15 is 0 Å². The molecule has 2 aromatic carbocycles. The Hall–Kier alpha value is -3.68. The zero-order valence-electron chi connectivity index (χ0n) is 16.4. The van der Waals surface area contributed by atoms with Crippen molar-refractivity contribution in [1.82, 2.24) is 0 Å². The molecule has 158 valence electrons. The van der Waals surface area contributed by atoms with Crippen LogP contribution in [0.1, 0.15) is 25.6 Å². The van der Waals surface area contributed by atoms with Crippen molar-refractivity contribution >= 4 is 50.2 Å². The van der Waals surface area contributed by atoms with E-state index in [2.05, 4.69) is 21.4 Å². The first kappa shape index (κ1) is 22.0. The van der Waals surface area contributed by atoms with Gasteiger partial charge in [-0.25, -0.2) is 8.42 Å². The van der Waals surface area contributed by atoms with Gasteiger partial charge in [-0.1, -0.05) is 24.3 Å². The molecule has 0 saturated carbocycles. The molecule has 1 aromatic heterocycles. The Bertz CT molecular complexity index is 1280. The number of rotatable bonds is 7. The summed E-state index contributed by atoms with van der Waals surface area (Å²) in [6.07, 6.45) is 1.20. The van der Waals surface area contributed by atoms with Gasteiger partial charge in [0, 0.05) is 16.8 Å². The summed E-state index contributed by atoms with van der Waals surface area (Å²) < 4.78 is 25.1. The standard InChI is InChI=1S/C21H18N4O4S2/c1-31(28,29)25-17-7-4-6-16(12-17)23-21(27)19-11-15(13-30-19)20(26)24-18-8-3-2-5-14(18)9-10-22/h2-8,11-13,25H,9H2,1H3,(H,23,27)(H,24,26). The minimum Gasteiger partial charge on any atom is -0.322 e. The first-order valence-electron chi connectivity index (χ1n) is 8.99. The first-order chi connectivity index (χ1) is 14.7. The van der Waals surface area contributed by atoms with Gasteiger partial charge >= 0.3 is 0 Å². The molecule has 1 heterocycles. The fourth-order valence-electron chi connectivity index (χ4n) is 2.72. The molecule has 0 bridgehead atoms. The Labute approximate surface area is 183 Å². The summed E-state index contributed by atoms with van der Waals surface area (Å²) in [6.45, 7) is 0. The highest BCUT2D eigenvalue weighted by atomic mass is 32.2. The molecule has 0 saturated heterocycles. The van der Waals surface area contributed by atoms with Crippen LogP contribution in [0, 0.1) is 11.3 Å². The van der Waals surface area contributed by atoms with Crippen LogP contribution in [0.25, 0.3) is 0 Å². The molecule has 3 rings (SSSR count). The van der Waals surface area contributed by atoms with Gasteiger partial charge in [-0.3, -0.25) is 14.3 Å². The van der Waals surface area contributed by atoms with Crippen LogP contribution in [0.4, 0.5) is 17.1 Å². The maximum atomic E-state index is 12.6. The molecule has 31 heavy (non-hydrogen) atoms. The van der Waals surface area contributed by atoms with Gasteiger partial charge in [0.2, 0.25) is 10.0 Å². The molecule has 0 aliphatic rings. The van der Waals surface area contributed by atoms with Gasteiger partial charge in [0.15, 0.2) is 0 Å². The molecular formula is C21H18N4O4S2. The average Bonchev–Trinajstić information content (AvgIpc) is 3.19. The molecule has 0 aliphatic carbocycles. The van der Waals surface area contributed by atoms with Crippen LogP contribution in [0.5, 0.6) is 0 Å². The monoisotopic (exact) mass is 454 g/mol. The van der Waals surface area contributed by atoms with Gasteiger partial charge < -0.3 is 10.6 Å². The van der Waals surface area contributed by atoms with E-state index in [4.69, 9.17) is 5.26 Å². The van der Waals surface area contributed by atoms with Crippen molar-refractivity contribution in [1.29, 1.82) is 5.26 Å². The van der Waals surface area contributed by atoms with E-state index in [1.807, 2.05) is 0 Å². The van der Waals surface area contributed by atoms with Crippen molar-refractivity contribution in [2.45, 2.75) is 6.42 Å². The Kier molecular flexibility index (Phi) is 6.69. The van der Waals surface area contributed by atoms with Crippen LogP contribution in [0.2, 0.25) is 0 Å². The molecule has 0 atom stereocenters. The van der Waals surface area contributed by atoms with Crippen molar-refractivity contribution in [3.8, 4) is 6.07 Å². The third kappa shape index (κ3) is 6.15. The third-order valence-corrected chi connectivity index (χ3v) is 5.58. The number of hydrogen-bond acceptors (Lipinski definition) is 6. The number of benzene rings is 2. The lowest BCUT2D eigenvalue weighted by atomic mass is 10.1. The van der Waals surface area contributed by atoms with Crippen molar-refractivity contribution in [2.75, 3.05) is 21.6 Å². The molecule has 0 radical (unpaired) electrons. The summed E-state index contributed by atoms with van der Waals surface area (Å²) in [6, 6.07) is 16.8. The first-order valence-corrected chi connectivity index (χ1v) is 11.8. The molecule has 8 nitrogen and oxygen atoms in total. The van der Waals surface area contributed by atoms with Crippen LogP contribution >= 0.6 is 11.3 Å². The van der Waals surface area contributed by atoms with Crippen LogP contribution in [0.3, 0.4) is 0 Å². The molecule has 2 amide bonds. The summed E-state index contributed by atoms with van der Waals surface area (Å²) in [4.78, 5) is 25.4. The van der Waals surface area contributed by atoms with Crippen molar-refractivity contribution in [2.24, 2.45) is 0 Å². The van der Waals surface area contributed by atoms with Crippen molar-refractivity contribution < 1.29 is 18.0 Å². The normalized spacial score (nSPS) is 10.7. The van der Waals surface area contributed by atoms with Gasteiger partial charge in [0.1, 0.15) is 0 Å². The maximum Gasteiger partial charge on any atom is 0.265 e. The summed E-state index contributed by atoms with van der Waals surface area (Å²) in [5, 5.41) is 15.9. The van der Waals surface area contributed by atoms with Gasteiger partial charge in [-0.15, -0.1) is 11.3 Å². The quantitative estimate of drug-likeness (QED) is 0.502. The third-order valence-electron chi connectivity index (χ3n) is 4.04. The van der Waals surface area contributed by atoms with Gasteiger partial charge in [-0.2, -0.15) is 5.26 Å². The number of anilines is 3. The Morgan fingerprint density at radius 2 is 1.74 bits per heavy atom. The predicted molar refractivity (Wildman–Crippen MR) is 121 cm³/mol. The SMILES string of the molecule is CS(=O)(=O)Nc1cccc(NC(=O)c2cc(C(=O)Nc3ccccc3CC#N)cs2)c1. The van der Waals surface area contributed by atoms with E-state index in [0.717, 1.165) is 17.6 Å². The lowest BCUT2D eigenvalue weighted by Gasteiger charge is -2.08. The van der Waals surface area contributed by atoms with Crippen molar-refractivity contribution in [3.05, 3.63) is 76.0 Å². The average molecular weight is 455 g/mol. The number of nitrogens with zero attached hydrogens (tertiary/aromatic N) is 1. The number of para-hydroxylation sites is 1. The number of nitrogens with one attached hydrogen (secondary N) is 3. The van der Waals surface area contributed by atoms with Crippen LogP contribution in [-0.2, 0) is 16.4 Å². The zero-order chi connectivity index (χ0) is 22.4. The topological polar surface area (TPSA) is 128 Å². The second-order valence-corrected chi connectivity index (χ2v) is 9.21. The fourth-order valence-corrected chi connectivity index (χ4v) is 4.05. The second kappa shape index (κ2) is 9.42. The molecule has 0 spiro atoms. The van der Waals surface area contributed by atoms with E-state index in [9.17, 15) is 18.0 Å². The summed E-state index contributed by atoms with van der Waals surface area (Å²) in [5.74, 6) is -0.814. The second-order valence-electron chi connectivity index (χ2n) is 6.55. The molecular weight excluding hydrogens is 436 g/mol. The van der Waals surface area contributed by atoms with Gasteiger partial charge in [-0.05, 0) is 35.9 Å². The summed E-state index contributed by atoms with van der Waals surface area (Å²) in [5.41, 5.74) is 2.29.